The summed E-state index contributed by atoms with van der Waals surface area (Å²) in [6.45, 7) is 5.62. The fraction of sp³-hybridized carbons (Fsp3) is 0.385. The average Bonchev–Trinajstić information content (AvgIpc) is 2.25. The van der Waals surface area contributed by atoms with E-state index in [-0.39, 0.29) is 0 Å². The molecule has 0 saturated carbocycles. The third-order valence-electron chi connectivity index (χ3n) is 2.82. The average molecular weight is 251 g/mol. The van der Waals surface area contributed by atoms with E-state index >= 15 is 0 Å². The number of carboxylic acids is 1. The van der Waals surface area contributed by atoms with Gasteiger partial charge in [0.2, 0.25) is 5.91 Å². The van der Waals surface area contributed by atoms with Gasteiger partial charge < -0.3 is 15.2 Å². The highest BCUT2D eigenvalue weighted by atomic mass is 16.5. The molecule has 0 unspecified atom stereocenters. The Balaban J connectivity index is 3.04. The topological polar surface area (TPSA) is 75.6 Å². The van der Waals surface area contributed by atoms with Gasteiger partial charge in [-0.3, -0.25) is 9.59 Å². The monoisotopic (exact) mass is 251 g/mol. The summed E-state index contributed by atoms with van der Waals surface area (Å²) in [6.07, 6.45) is -0.538. The first-order valence-electron chi connectivity index (χ1n) is 5.53. The number of anilines is 1. The molecule has 0 bridgehead atoms. The van der Waals surface area contributed by atoms with Crippen molar-refractivity contribution in [2.75, 3.05) is 12.4 Å². The molecule has 0 aliphatic heterocycles. The number of hydrogen-bond acceptors (Lipinski definition) is 3. The smallest absolute Gasteiger partial charge is 0.312 e. The maximum Gasteiger partial charge on any atom is 0.312 e. The van der Waals surface area contributed by atoms with Crippen LogP contribution in [-0.2, 0) is 9.59 Å². The molecule has 0 aliphatic rings. The molecule has 2 N–H and O–H groups in total. The number of benzene rings is 1. The Bertz CT molecular complexity index is 494. The van der Waals surface area contributed by atoms with Crippen LogP contribution in [0.25, 0.3) is 0 Å². The quantitative estimate of drug-likeness (QED) is 0.803. The van der Waals surface area contributed by atoms with E-state index in [1.54, 1.807) is 13.2 Å². The number of rotatable bonds is 4. The minimum Gasteiger partial charge on any atom is -0.496 e. The third-order valence-corrected chi connectivity index (χ3v) is 2.82. The highest BCUT2D eigenvalue weighted by Gasteiger charge is 2.14. The Morgan fingerprint density at radius 2 is 1.89 bits per heavy atom. The Morgan fingerprint density at radius 1 is 1.28 bits per heavy atom. The molecule has 1 amide bonds. The van der Waals surface area contributed by atoms with Gasteiger partial charge >= 0.3 is 5.97 Å². The summed E-state index contributed by atoms with van der Waals surface area (Å²) in [5.41, 5.74) is 3.32. The van der Waals surface area contributed by atoms with E-state index in [0.29, 0.717) is 5.69 Å². The summed E-state index contributed by atoms with van der Waals surface area (Å²) in [7, 11) is 1.59. The summed E-state index contributed by atoms with van der Waals surface area (Å²) >= 11 is 0. The molecule has 0 heterocycles. The fourth-order valence-corrected chi connectivity index (χ4v) is 1.83. The number of aryl methyl sites for hydroxylation is 1. The van der Waals surface area contributed by atoms with Crippen LogP contribution >= 0.6 is 0 Å². The minimum absolute atomic E-state index is 0.533. The Labute approximate surface area is 106 Å². The molecule has 0 spiro atoms. The van der Waals surface area contributed by atoms with Crippen LogP contribution < -0.4 is 10.1 Å². The first-order chi connectivity index (χ1) is 8.36. The second-order valence-electron chi connectivity index (χ2n) is 4.14. The maximum atomic E-state index is 11.4. The van der Waals surface area contributed by atoms with E-state index in [1.165, 1.54) is 0 Å². The lowest BCUT2D eigenvalue weighted by molar-refractivity contribution is -0.139. The summed E-state index contributed by atoms with van der Waals surface area (Å²) in [5, 5.41) is 11.1. The van der Waals surface area contributed by atoms with Gasteiger partial charge in [0, 0.05) is 5.69 Å². The van der Waals surface area contributed by atoms with Gasteiger partial charge in [-0.2, -0.15) is 0 Å². The van der Waals surface area contributed by atoms with Crippen molar-refractivity contribution in [3.63, 3.8) is 0 Å². The molecule has 0 fully saturated rings. The molecular formula is C13H17NO4. The molecule has 1 aromatic rings. The molecule has 5 nitrogen and oxygen atoms in total. The molecule has 0 saturated heterocycles. The molecule has 0 aromatic heterocycles. The SMILES string of the molecule is COc1c(C)cc(NC(=O)CC(=O)O)c(C)c1C. The van der Waals surface area contributed by atoms with E-state index in [9.17, 15) is 9.59 Å². The van der Waals surface area contributed by atoms with E-state index in [1.807, 2.05) is 20.8 Å². The second kappa shape index (κ2) is 5.53. The zero-order valence-electron chi connectivity index (χ0n) is 11.0. The summed E-state index contributed by atoms with van der Waals surface area (Å²) in [6, 6.07) is 1.78. The molecule has 98 valence electrons. The van der Waals surface area contributed by atoms with Gasteiger partial charge in [0.15, 0.2) is 0 Å². The van der Waals surface area contributed by atoms with Crippen LogP contribution in [0, 0.1) is 20.8 Å². The van der Waals surface area contributed by atoms with E-state index in [4.69, 9.17) is 9.84 Å². The lowest BCUT2D eigenvalue weighted by Crippen LogP contribution is -2.17. The standard InChI is InChI=1S/C13H17NO4/c1-7-5-10(14-11(15)6-12(16)17)8(2)9(3)13(7)18-4/h5H,6H2,1-4H3,(H,14,15)(H,16,17). The van der Waals surface area contributed by atoms with E-state index in [0.717, 1.165) is 22.4 Å². The number of aliphatic carboxylic acids is 1. The Hall–Kier alpha value is -2.04. The lowest BCUT2D eigenvalue weighted by atomic mass is 10.0. The predicted molar refractivity (Wildman–Crippen MR) is 68.1 cm³/mol. The molecule has 0 radical (unpaired) electrons. The fourth-order valence-electron chi connectivity index (χ4n) is 1.83. The van der Waals surface area contributed by atoms with Crippen LogP contribution in [0.2, 0.25) is 0 Å². The number of carbonyl (C=O) groups is 2. The molecule has 1 rings (SSSR count). The van der Waals surface area contributed by atoms with Gasteiger partial charge in [-0.1, -0.05) is 0 Å². The second-order valence-corrected chi connectivity index (χ2v) is 4.14. The van der Waals surface area contributed by atoms with Gasteiger partial charge in [-0.15, -0.1) is 0 Å². The zero-order valence-corrected chi connectivity index (χ0v) is 11.0. The number of ether oxygens (including phenoxy) is 1. The van der Waals surface area contributed by atoms with E-state index < -0.39 is 18.3 Å². The number of carbonyl (C=O) groups excluding carboxylic acids is 1. The van der Waals surface area contributed by atoms with Gasteiger partial charge in [0.05, 0.1) is 7.11 Å². The molecule has 0 atom stereocenters. The Kier molecular flexibility index (Phi) is 4.31. The minimum atomic E-state index is -1.15. The highest BCUT2D eigenvalue weighted by Crippen LogP contribution is 2.31. The van der Waals surface area contributed by atoms with Crippen molar-refractivity contribution in [1.29, 1.82) is 0 Å². The summed E-state index contributed by atoms with van der Waals surface area (Å²) in [5.74, 6) is -0.898. The number of hydrogen-bond donors (Lipinski definition) is 2. The maximum absolute atomic E-state index is 11.4. The van der Waals surface area contributed by atoms with Crippen molar-refractivity contribution in [2.45, 2.75) is 27.2 Å². The van der Waals surface area contributed by atoms with Crippen LogP contribution in [0.15, 0.2) is 6.07 Å². The molecule has 18 heavy (non-hydrogen) atoms. The number of nitrogens with one attached hydrogen (secondary N) is 1. The number of amides is 1. The Morgan fingerprint density at radius 3 is 2.39 bits per heavy atom. The van der Waals surface area contributed by atoms with Crippen molar-refractivity contribution in [3.05, 3.63) is 22.8 Å². The normalized spacial score (nSPS) is 10.0. The third kappa shape index (κ3) is 3.00. The molecule has 1 aromatic carbocycles. The highest BCUT2D eigenvalue weighted by molar-refractivity contribution is 6.01. The first kappa shape index (κ1) is 14.0. The first-order valence-corrected chi connectivity index (χ1v) is 5.53. The van der Waals surface area contributed by atoms with Crippen LogP contribution in [-0.4, -0.2) is 24.1 Å². The van der Waals surface area contributed by atoms with Gasteiger partial charge in [-0.05, 0) is 43.5 Å². The zero-order chi connectivity index (χ0) is 13.9. The van der Waals surface area contributed by atoms with Crippen LogP contribution in [0.4, 0.5) is 5.69 Å². The molecule has 0 aliphatic carbocycles. The number of carboxylic acid groups (broad SMARTS) is 1. The van der Waals surface area contributed by atoms with Crippen molar-refractivity contribution in [3.8, 4) is 5.75 Å². The summed E-state index contributed by atoms with van der Waals surface area (Å²) in [4.78, 5) is 21.9. The molecular weight excluding hydrogens is 234 g/mol. The van der Waals surface area contributed by atoms with Gasteiger partial charge in [-0.25, -0.2) is 0 Å². The largest absolute Gasteiger partial charge is 0.496 e. The van der Waals surface area contributed by atoms with Crippen molar-refractivity contribution < 1.29 is 19.4 Å². The van der Waals surface area contributed by atoms with Crippen LogP contribution in [0.5, 0.6) is 5.75 Å². The van der Waals surface area contributed by atoms with Crippen LogP contribution in [0.1, 0.15) is 23.1 Å². The van der Waals surface area contributed by atoms with Crippen LogP contribution in [0.3, 0.4) is 0 Å². The van der Waals surface area contributed by atoms with Crippen molar-refractivity contribution in [2.24, 2.45) is 0 Å². The van der Waals surface area contributed by atoms with Crippen molar-refractivity contribution >= 4 is 17.6 Å². The van der Waals surface area contributed by atoms with Gasteiger partial charge in [0.25, 0.3) is 0 Å². The van der Waals surface area contributed by atoms with Gasteiger partial charge in [0.1, 0.15) is 12.2 Å². The van der Waals surface area contributed by atoms with E-state index in [2.05, 4.69) is 5.32 Å². The molecule has 5 heteroatoms. The van der Waals surface area contributed by atoms with Crippen molar-refractivity contribution in [1.82, 2.24) is 0 Å². The lowest BCUT2D eigenvalue weighted by Gasteiger charge is -2.16. The summed E-state index contributed by atoms with van der Waals surface area (Å²) < 4.78 is 5.27. The number of methoxy groups -OCH3 is 1. The predicted octanol–water partition coefficient (Wildman–Crippen LogP) is 2.03.